The molecule has 0 radical (unpaired) electrons. The Morgan fingerprint density at radius 1 is 0.387 bits per heavy atom. The van der Waals surface area contributed by atoms with Gasteiger partial charge in [0, 0.05) is 0 Å². The van der Waals surface area contributed by atoms with E-state index in [-0.39, 0.29) is 112 Å². The number of ether oxygens (including phenoxy) is 5. The molecule has 18 rings (SSSR count). The number of nitrogens with zero attached hydrogens (tertiary/aromatic N) is 4. The number of aliphatic carboxylic acids is 1. The number of esters is 2. The zero-order valence-electron chi connectivity index (χ0n) is 78.4. The molecule has 25 nitrogen and oxygen atoms in total. The fourth-order valence-corrected chi connectivity index (χ4v) is 19.4. The fraction of sp³-hybridized carbons (Fsp3) is 0.248. The molecule has 4 aliphatic rings. The molecule has 1 aliphatic heterocycles. The number of carboxylic acids is 2. The third-order valence-corrected chi connectivity index (χ3v) is 29.8. The van der Waals surface area contributed by atoms with Gasteiger partial charge in [0.2, 0.25) is 0 Å². The van der Waals surface area contributed by atoms with E-state index >= 15 is 0 Å². The van der Waals surface area contributed by atoms with Gasteiger partial charge in [0.1, 0.15) is 54.4 Å². The minimum Gasteiger partial charge on any atom is -0.870 e. The van der Waals surface area contributed by atoms with E-state index in [1.165, 1.54) is 109 Å². The van der Waals surface area contributed by atoms with E-state index < -0.39 is 46.5 Å². The second-order valence-electron chi connectivity index (χ2n) is 34.0. The molecule has 10 aromatic carbocycles. The van der Waals surface area contributed by atoms with Gasteiger partial charge in [-0.15, -0.1) is 0 Å². The molecule has 14 aromatic rings. The van der Waals surface area contributed by atoms with Gasteiger partial charge in [0.05, 0.1) is 97.9 Å². The van der Waals surface area contributed by atoms with Crippen LogP contribution in [0.15, 0.2) is 243 Å². The monoisotopic (exact) mass is 2220 g/mol. The van der Waals surface area contributed by atoms with E-state index in [4.69, 9.17) is 43.2 Å². The zero-order valence-corrected chi connectivity index (χ0v) is 86.0. The van der Waals surface area contributed by atoms with E-state index in [1.54, 1.807) is 55.5 Å². The first-order valence-corrected chi connectivity index (χ1v) is 48.9. The molecule has 3 amide bonds. The van der Waals surface area contributed by atoms with E-state index in [0.717, 1.165) is 125 Å². The Bertz CT molecular complexity index is 6630. The van der Waals surface area contributed by atoms with Crippen molar-refractivity contribution >= 4 is 163 Å². The maximum Gasteiger partial charge on any atom is 1.00 e. The van der Waals surface area contributed by atoms with E-state index in [2.05, 4.69) is 120 Å². The standard InChI is InChI=1S/C29H25FN2O4S.C28H23FN2O4S.C23H27BO4.C12H10FIN2O2S.C7H7FO.C5H4INO2S.CH4.Li.H2O/c1-18-25(31-28(34)36-17-19-3-13-24(30)14-4-19)26(37-32-18)22-7-5-20(6-8-22)21-9-11-23(12-10-21)29(15-16-29)27(33)35-2;1-17-24(30-27(34)35-16-18-2-12-23(29)13-3-18)25(36-31-17)21-6-4-19(5-7-21)20-8-10-22(11-9-20)28(14-15-28)26(32)33;1-21(2)22(3,4)28-24(27-21)19-12-8-17(9-13-19)16-6-10-18(11-7-16)23(14-15-23)20(25)26-5;1-7-10(11(14)19-16-7)15-12(17)18-6-8-2-4-9(13)5-3-8;8-7-3-1-6(5-9)2-4-7;1-2-3(5(8)9)4(6)10-7-2;;;/h3-14H,15-17H2,1-2H3,(H,31,34);2-13H,14-16H2,1H3,(H,30,34)(H,32,33);6-13H,14-15H2,1-5H3;2-5H,6H2,1H3,(H,15,17);1-4,9H,5H2;1H3,(H,8,9);1H4;;1H2/q;;;;;;;+1;/p-1. The average molecular weight is 2220 g/mol. The Kier molecular flexibility index (Phi) is 39.4. The van der Waals surface area contributed by atoms with Gasteiger partial charge >= 0.3 is 68.1 Å². The Balaban J connectivity index is 0.000000185. The van der Waals surface area contributed by atoms with Crippen molar-refractivity contribution in [2.24, 2.45) is 0 Å². The van der Waals surface area contributed by atoms with Gasteiger partial charge in [-0.2, -0.15) is 17.5 Å². The van der Waals surface area contributed by atoms with Gasteiger partial charge in [-0.05, 0) is 323 Å². The molecule has 5 heterocycles. The van der Waals surface area contributed by atoms with Crippen LogP contribution in [0.25, 0.3) is 54.3 Å². The predicted molar refractivity (Wildman–Crippen MR) is 555 cm³/mol. The van der Waals surface area contributed by atoms with Gasteiger partial charge in [-0.3, -0.25) is 30.3 Å². The number of halogens is 6. The third-order valence-electron chi connectivity index (χ3n) is 24.1. The van der Waals surface area contributed by atoms with Crippen LogP contribution in [0.3, 0.4) is 0 Å². The van der Waals surface area contributed by atoms with Crippen LogP contribution in [0, 0.1) is 56.7 Å². The number of aryl methyl sites for hydroxylation is 4. The minimum atomic E-state index is -0.893. The van der Waals surface area contributed by atoms with Crippen molar-refractivity contribution in [3.05, 3.63) is 339 Å². The molecule has 37 heteroatoms. The molecule has 3 saturated carbocycles. The summed E-state index contributed by atoms with van der Waals surface area (Å²) in [6, 6.07) is 71.3. The van der Waals surface area contributed by atoms with Crippen molar-refractivity contribution in [2.75, 3.05) is 30.2 Å². The first-order valence-electron chi connectivity index (χ1n) is 43.6. The van der Waals surface area contributed by atoms with Crippen molar-refractivity contribution in [2.45, 2.75) is 155 Å². The Morgan fingerprint density at radius 2 is 0.655 bits per heavy atom. The van der Waals surface area contributed by atoms with Crippen LogP contribution in [0.5, 0.6) is 0 Å². The molecule has 7 N–H and O–H groups in total. The van der Waals surface area contributed by atoms with Crippen molar-refractivity contribution in [3.63, 3.8) is 0 Å². The summed E-state index contributed by atoms with van der Waals surface area (Å²) in [7, 11) is 2.54. The Labute approximate surface area is 875 Å². The van der Waals surface area contributed by atoms with Gasteiger partial charge < -0.3 is 53.8 Å². The number of hydrogen-bond donors (Lipinski definition) is 6. The normalized spacial score (nSPS) is 13.9. The number of aromatic nitrogens is 4. The van der Waals surface area contributed by atoms with Crippen LogP contribution in [-0.2, 0) is 90.0 Å². The van der Waals surface area contributed by atoms with Crippen molar-refractivity contribution in [3.8, 4) is 54.3 Å². The molecular formula is C105H101BF4I2LiN7O18S4. The molecule has 142 heavy (non-hydrogen) atoms. The Morgan fingerprint density at radius 3 is 0.923 bits per heavy atom. The van der Waals surface area contributed by atoms with Crippen LogP contribution >= 0.6 is 91.3 Å². The summed E-state index contributed by atoms with van der Waals surface area (Å²) in [4.78, 5) is 84.3. The molecule has 734 valence electrons. The summed E-state index contributed by atoms with van der Waals surface area (Å²) in [5.74, 6) is -3.24. The summed E-state index contributed by atoms with van der Waals surface area (Å²) < 4.78 is 107. The minimum absolute atomic E-state index is 0. The molecule has 0 atom stereocenters. The maximum atomic E-state index is 13.1. The molecule has 4 fully saturated rings. The first kappa shape index (κ1) is 112. The van der Waals surface area contributed by atoms with E-state index in [1.807, 2.05) is 153 Å². The van der Waals surface area contributed by atoms with Crippen LogP contribution < -0.4 is 40.3 Å². The average Bonchev–Trinajstić information content (AvgIpc) is 1.61. The number of rotatable bonds is 23. The number of amides is 3. The third kappa shape index (κ3) is 28.2. The summed E-state index contributed by atoms with van der Waals surface area (Å²) in [6.07, 6.45) is 2.95. The van der Waals surface area contributed by atoms with Gasteiger partial charge in [0.25, 0.3) is 0 Å². The smallest absolute Gasteiger partial charge is 0.870 e. The van der Waals surface area contributed by atoms with Crippen LogP contribution in [0.1, 0.15) is 146 Å². The number of aliphatic hydroxyl groups is 1. The summed E-state index contributed by atoms with van der Waals surface area (Å²) in [6.45, 7) is 15.5. The van der Waals surface area contributed by atoms with Crippen LogP contribution in [-0.4, -0.2) is 113 Å². The second-order valence-corrected chi connectivity index (χ2v) is 40.7. The van der Waals surface area contributed by atoms with Crippen molar-refractivity contribution < 1.29 is 124 Å². The van der Waals surface area contributed by atoms with Crippen molar-refractivity contribution in [1.82, 2.24) is 17.5 Å². The zero-order chi connectivity index (χ0) is 99.7. The summed E-state index contributed by atoms with van der Waals surface area (Å²) >= 11 is 9.19. The molecule has 4 aromatic heterocycles. The second kappa shape index (κ2) is 49.9. The fourth-order valence-electron chi connectivity index (χ4n) is 14.7. The number of carbonyl (C=O) groups is 7. The number of methoxy groups -OCH3 is 2. The van der Waals surface area contributed by atoms with Crippen molar-refractivity contribution in [1.29, 1.82) is 0 Å². The van der Waals surface area contributed by atoms with Crippen LogP contribution in [0.4, 0.5) is 49.0 Å². The number of nitrogens with one attached hydrogen (secondary N) is 3. The predicted octanol–water partition coefficient (Wildman–Crippen LogP) is 22.0. The summed E-state index contributed by atoms with van der Waals surface area (Å²) in [5.41, 5.74) is 17.5. The topological polar surface area (TPSA) is 362 Å². The van der Waals surface area contributed by atoms with Gasteiger partial charge in [0.15, 0.2) is 0 Å². The molecule has 1 saturated heterocycles. The Hall–Kier alpha value is -11.9. The number of benzene rings is 10. The molecule has 0 unspecified atom stereocenters. The molecular weight excluding hydrogens is 2120 g/mol. The number of aromatic carboxylic acids is 1. The number of hydrogen-bond acceptors (Lipinski definition) is 24. The van der Waals surface area contributed by atoms with Gasteiger partial charge in [-0.1, -0.05) is 202 Å². The molecule has 3 aliphatic carbocycles. The maximum absolute atomic E-state index is 13.1. The van der Waals surface area contributed by atoms with Gasteiger partial charge in [-0.25, -0.2) is 36.7 Å². The largest absolute Gasteiger partial charge is 1.00 e. The van der Waals surface area contributed by atoms with E-state index in [0.29, 0.717) is 63.7 Å². The number of carboxylic acid groups (broad SMARTS) is 2. The first-order chi connectivity index (χ1) is 66.4. The number of anilines is 3. The number of carbonyl (C=O) groups excluding carboxylic acids is 5. The number of aliphatic hydroxyl groups excluding tert-OH is 1. The molecule has 0 spiro atoms. The molecule has 0 bridgehead atoms. The SMILES string of the molecule is C.COC(=O)C1(c2ccc(-c3ccc(-c4snc(C)c4NC(=O)OCc4ccc(F)cc4)cc3)cc2)CC1.COC(=O)C1(c2ccc(-c3ccc(B4OC(C)(C)C(C)(C)O4)cc3)cc2)CC1.Cc1nsc(-c2ccc(-c3ccc(C4(C(=O)O)CC4)cc3)cc2)c1NC(=O)OCc1ccc(F)cc1.Cc1nsc(I)c1C(=O)O.Cc1nsc(I)c1NC(=O)OCc1ccc(F)cc1.OCc1ccc(F)cc1.[Li+].[OH-]. The van der Waals surface area contributed by atoms with E-state index in [9.17, 15) is 56.2 Å². The quantitative estimate of drug-likeness (QED) is 0.0114. The summed E-state index contributed by atoms with van der Waals surface area (Å²) in [5, 5.41) is 34.8. The van der Waals surface area contributed by atoms with Crippen LogP contribution in [0.2, 0.25) is 0 Å².